The summed E-state index contributed by atoms with van der Waals surface area (Å²) in [6.07, 6.45) is 0.672. The average Bonchev–Trinajstić information content (AvgIpc) is 2.90. The summed E-state index contributed by atoms with van der Waals surface area (Å²) >= 11 is 3.29. The normalized spacial score (nSPS) is 21.3. The first-order valence-corrected chi connectivity index (χ1v) is 7.32. The molecule has 1 aromatic rings. The zero-order valence-electron chi connectivity index (χ0n) is 11.5. The summed E-state index contributed by atoms with van der Waals surface area (Å²) in [5.41, 5.74) is 6.34. The second-order valence-electron chi connectivity index (χ2n) is 4.92. The maximum Gasteiger partial charge on any atom is 0.274 e. The summed E-state index contributed by atoms with van der Waals surface area (Å²) < 4.78 is 6.09. The molecular weight excluding hydrogens is 342 g/mol. The standard InChI is InChI=1S/C13H16BrN3O4/c1-7-4-9(14)10(5-11(7)17(19)20)16-13(18)12-3-2-8(6-15)21-12/h4-5,8,12H,2-3,6,15H2,1H3,(H,16,18). The molecule has 0 aliphatic carbocycles. The SMILES string of the molecule is Cc1cc(Br)c(NC(=O)C2CCC(CN)O2)cc1[N+](=O)[O-]. The molecule has 1 saturated heterocycles. The zero-order chi connectivity index (χ0) is 15.6. The fourth-order valence-electron chi connectivity index (χ4n) is 2.24. The van der Waals surface area contributed by atoms with Crippen LogP contribution in [0.4, 0.5) is 11.4 Å². The minimum atomic E-state index is -0.564. The number of hydrogen-bond donors (Lipinski definition) is 2. The van der Waals surface area contributed by atoms with E-state index < -0.39 is 11.0 Å². The first-order valence-electron chi connectivity index (χ1n) is 6.53. The molecule has 0 spiro atoms. The molecule has 8 heteroatoms. The number of nitrogens with zero attached hydrogens (tertiary/aromatic N) is 1. The summed E-state index contributed by atoms with van der Waals surface area (Å²) in [6, 6.07) is 2.94. The van der Waals surface area contributed by atoms with Crippen molar-refractivity contribution in [1.29, 1.82) is 0 Å². The smallest absolute Gasteiger partial charge is 0.274 e. The Kier molecular flexibility index (Phi) is 4.92. The number of ether oxygens (including phenoxy) is 1. The van der Waals surface area contributed by atoms with Crippen molar-refractivity contribution in [3.05, 3.63) is 32.3 Å². The van der Waals surface area contributed by atoms with Gasteiger partial charge in [0.05, 0.1) is 16.7 Å². The van der Waals surface area contributed by atoms with Crippen LogP contribution < -0.4 is 11.1 Å². The van der Waals surface area contributed by atoms with E-state index in [-0.39, 0.29) is 17.7 Å². The predicted molar refractivity (Wildman–Crippen MR) is 81.1 cm³/mol. The van der Waals surface area contributed by atoms with Crippen molar-refractivity contribution in [2.24, 2.45) is 5.73 Å². The summed E-state index contributed by atoms with van der Waals surface area (Å²) in [4.78, 5) is 22.6. The predicted octanol–water partition coefficient (Wildman–Crippen LogP) is 2.11. The van der Waals surface area contributed by atoms with Gasteiger partial charge in [-0.1, -0.05) is 0 Å². The molecule has 7 nitrogen and oxygen atoms in total. The number of carbonyl (C=O) groups excluding carboxylic acids is 1. The second-order valence-corrected chi connectivity index (χ2v) is 5.78. The Bertz CT molecular complexity index is 579. The Morgan fingerprint density at radius 1 is 1.57 bits per heavy atom. The van der Waals surface area contributed by atoms with Crippen molar-refractivity contribution < 1.29 is 14.5 Å². The molecule has 1 heterocycles. The van der Waals surface area contributed by atoms with Crippen LogP contribution in [0.15, 0.2) is 16.6 Å². The van der Waals surface area contributed by atoms with Crippen molar-refractivity contribution >= 4 is 33.2 Å². The molecule has 0 radical (unpaired) electrons. The number of hydrogen-bond acceptors (Lipinski definition) is 5. The van der Waals surface area contributed by atoms with E-state index in [0.29, 0.717) is 28.7 Å². The van der Waals surface area contributed by atoms with Crippen molar-refractivity contribution in [3.8, 4) is 0 Å². The molecule has 21 heavy (non-hydrogen) atoms. The second kappa shape index (κ2) is 6.50. The number of nitrogens with one attached hydrogen (secondary N) is 1. The maximum absolute atomic E-state index is 12.1. The summed E-state index contributed by atoms with van der Waals surface area (Å²) in [6.45, 7) is 2.02. The van der Waals surface area contributed by atoms with Crippen LogP contribution in [-0.4, -0.2) is 29.6 Å². The fraction of sp³-hybridized carbons (Fsp3) is 0.462. The molecule has 0 saturated carbocycles. The average molecular weight is 358 g/mol. The van der Waals surface area contributed by atoms with Crippen LogP contribution in [0.1, 0.15) is 18.4 Å². The summed E-state index contributed by atoms with van der Waals surface area (Å²) in [5, 5.41) is 13.6. The third-order valence-electron chi connectivity index (χ3n) is 3.40. The van der Waals surface area contributed by atoms with E-state index in [1.807, 2.05) is 0 Å². The van der Waals surface area contributed by atoms with Gasteiger partial charge in [-0.25, -0.2) is 0 Å². The van der Waals surface area contributed by atoms with Gasteiger partial charge in [0.25, 0.3) is 11.6 Å². The third kappa shape index (κ3) is 3.58. The molecule has 1 aliphatic rings. The summed E-state index contributed by atoms with van der Waals surface area (Å²) in [5.74, 6) is -0.315. The molecule has 1 amide bonds. The number of nitro groups is 1. The number of anilines is 1. The minimum absolute atomic E-state index is 0.0410. The minimum Gasteiger partial charge on any atom is -0.364 e. The lowest BCUT2D eigenvalue weighted by Crippen LogP contribution is -2.29. The highest BCUT2D eigenvalue weighted by Crippen LogP contribution is 2.31. The van der Waals surface area contributed by atoms with Crippen LogP contribution in [-0.2, 0) is 9.53 Å². The van der Waals surface area contributed by atoms with Crippen molar-refractivity contribution in [3.63, 3.8) is 0 Å². The van der Waals surface area contributed by atoms with Crippen LogP contribution in [0.3, 0.4) is 0 Å². The first-order chi connectivity index (χ1) is 9.92. The van der Waals surface area contributed by atoms with E-state index >= 15 is 0 Å². The molecule has 114 valence electrons. The van der Waals surface area contributed by atoms with E-state index in [9.17, 15) is 14.9 Å². The lowest BCUT2D eigenvalue weighted by molar-refractivity contribution is -0.385. The van der Waals surface area contributed by atoms with Gasteiger partial charge in [-0.2, -0.15) is 0 Å². The Hall–Kier alpha value is -1.51. The monoisotopic (exact) mass is 357 g/mol. The number of nitrogens with two attached hydrogens (primary N) is 1. The molecule has 2 atom stereocenters. The maximum atomic E-state index is 12.1. The van der Waals surface area contributed by atoms with Gasteiger partial charge in [0.1, 0.15) is 6.10 Å². The largest absolute Gasteiger partial charge is 0.364 e. The quantitative estimate of drug-likeness (QED) is 0.633. The van der Waals surface area contributed by atoms with Gasteiger partial charge in [0, 0.05) is 22.6 Å². The lowest BCUT2D eigenvalue weighted by Gasteiger charge is -2.14. The van der Waals surface area contributed by atoms with E-state index in [1.54, 1.807) is 13.0 Å². The molecule has 1 aromatic carbocycles. The molecule has 0 bridgehead atoms. The zero-order valence-corrected chi connectivity index (χ0v) is 13.1. The van der Waals surface area contributed by atoms with Crippen molar-refractivity contribution in [1.82, 2.24) is 0 Å². The topological polar surface area (TPSA) is 107 Å². The van der Waals surface area contributed by atoms with Gasteiger partial charge in [-0.15, -0.1) is 0 Å². The number of benzene rings is 1. The van der Waals surface area contributed by atoms with E-state index in [1.165, 1.54) is 6.07 Å². The van der Waals surface area contributed by atoms with Crippen molar-refractivity contribution in [2.45, 2.75) is 32.0 Å². The van der Waals surface area contributed by atoms with Gasteiger partial charge >= 0.3 is 0 Å². The fourth-order valence-corrected chi connectivity index (χ4v) is 2.80. The van der Waals surface area contributed by atoms with Gasteiger partial charge in [-0.3, -0.25) is 14.9 Å². The van der Waals surface area contributed by atoms with Gasteiger partial charge in [-0.05, 0) is 41.8 Å². The summed E-state index contributed by atoms with van der Waals surface area (Å²) in [7, 11) is 0. The number of rotatable bonds is 4. The van der Waals surface area contributed by atoms with Crippen LogP contribution in [0.25, 0.3) is 0 Å². The number of halogens is 1. The Morgan fingerprint density at radius 2 is 2.29 bits per heavy atom. The lowest BCUT2D eigenvalue weighted by atomic mass is 10.1. The van der Waals surface area contributed by atoms with Crippen LogP contribution in [0.2, 0.25) is 0 Å². The molecule has 1 fully saturated rings. The molecule has 0 aromatic heterocycles. The molecule has 1 aliphatic heterocycles. The van der Waals surface area contributed by atoms with Gasteiger partial charge in [0.15, 0.2) is 0 Å². The van der Waals surface area contributed by atoms with E-state index in [2.05, 4.69) is 21.2 Å². The number of nitro benzene ring substituents is 1. The van der Waals surface area contributed by atoms with E-state index in [4.69, 9.17) is 10.5 Å². The number of carbonyl (C=O) groups is 1. The number of amides is 1. The Morgan fingerprint density at radius 3 is 2.86 bits per heavy atom. The first kappa shape index (κ1) is 15.9. The van der Waals surface area contributed by atoms with Crippen LogP contribution in [0.5, 0.6) is 0 Å². The highest BCUT2D eigenvalue weighted by Gasteiger charge is 2.30. The van der Waals surface area contributed by atoms with Crippen molar-refractivity contribution in [2.75, 3.05) is 11.9 Å². The highest BCUT2D eigenvalue weighted by atomic mass is 79.9. The van der Waals surface area contributed by atoms with Crippen LogP contribution >= 0.6 is 15.9 Å². The molecule has 3 N–H and O–H groups in total. The Labute approximate surface area is 130 Å². The molecule has 2 rings (SSSR count). The van der Waals surface area contributed by atoms with E-state index in [0.717, 1.165) is 6.42 Å². The van der Waals surface area contributed by atoms with Crippen LogP contribution in [0, 0.1) is 17.0 Å². The van der Waals surface area contributed by atoms with Gasteiger partial charge < -0.3 is 15.8 Å². The third-order valence-corrected chi connectivity index (χ3v) is 4.06. The van der Waals surface area contributed by atoms with Gasteiger partial charge in [0.2, 0.25) is 0 Å². The highest BCUT2D eigenvalue weighted by molar-refractivity contribution is 9.10. The molecular formula is C13H16BrN3O4. The Balaban J connectivity index is 2.14. The number of aryl methyl sites for hydroxylation is 1. The molecule has 2 unspecified atom stereocenters.